The number of esters is 1. The first-order chi connectivity index (χ1) is 20.8. The van der Waals surface area contributed by atoms with E-state index in [9.17, 15) is 29.1 Å². The molecule has 4 N–H and O–H groups in total. The highest BCUT2D eigenvalue weighted by Crippen LogP contribution is 2.41. The number of nitrogens with zero attached hydrogens (tertiary/aromatic N) is 1. The molecule has 1 aliphatic carbocycles. The predicted octanol–water partition coefficient (Wildman–Crippen LogP) is 2.87. The summed E-state index contributed by atoms with van der Waals surface area (Å²) < 4.78 is 5.61. The number of hydrogen-bond acceptors (Lipinski definition) is 9. The summed E-state index contributed by atoms with van der Waals surface area (Å²) >= 11 is 0. The smallest absolute Gasteiger partial charge is 0.330 e. The van der Waals surface area contributed by atoms with Crippen molar-refractivity contribution in [2.75, 3.05) is 24.6 Å². The highest BCUT2D eigenvalue weighted by molar-refractivity contribution is 8.76. The standard InChI is InChI=1S/C31H44N4O7S2/c1-19(36)35-16-11-22(20-7-9-21(37)10-8-20)25(35)27(39)33-23-17-43-44-18-24(28(40)42-30(2,3)4)34-29(41)31(12-5-6-13-31)14-15-32-26(23)38/h7-10,22-25,37H,5-6,11-18H2,1-4H3,(H,32,38)(H,33,39)(H,34,41)/t22-,23+,24+,25+/m1/s1. The van der Waals surface area contributed by atoms with Crippen molar-refractivity contribution in [3.8, 4) is 5.75 Å². The maximum atomic E-state index is 13.8. The Morgan fingerprint density at radius 2 is 1.70 bits per heavy atom. The van der Waals surface area contributed by atoms with Crippen molar-refractivity contribution in [3.63, 3.8) is 0 Å². The molecule has 13 heteroatoms. The second-order valence-electron chi connectivity index (χ2n) is 12.9. The Balaban J connectivity index is 1.53. The fourth-order valence-corrected chi connectivity index (χ4v) is 8.57. The number of likely N-dealkylation sites (tertiary alicyclic amines) is 1. The molecule has 0 aromatic heterocycles. The summed E-state index contributed by atoms with van der Waals surface area (Å²) in [6.45, 7) is 7.40. The molecular weight excluding hydrogens is 604 g/mol. The van der Waals surface area contributed by atoms with Crippen LogP contribution in [0.5, 0.6) is 5.75 Å². The lowest BCUT2D eigenvalue weighted by Gasteiger charge is -2.31. The molecule has 2 saturated heterocycles. The third kappa shape index (κ3) is 8.41. The lowest BCUT2D eigenvalue weighted by Crippen LogP contribution is -2.55. The van der Waals surface area contributed by atoms with E-state index < -0.39 is 41.0 Å². The molecule has 1 aromatic carbocycles. The molecule has 1 aromatic rings. The van der Waals surface area contributed by atoms with Crippen LogP contribution in [0.1, 0.15) is 77.7 Å². The molecule has 242 valence electrons. The van der Waals surface area contributed by atoms with Gasteiger partial charge in [-0.15, -0.1) is 0 Å². The van der Waals surface area contributed by atoms with Gasteiger partial charge in [-0.05, 0) is 64.2 Å². The molecule has 11 nitrogen and oxygen atoms in total. The van der Waals surface area contributed by atoms with E-state index in [1.165, 1.54) is 33.4 Å². The summed E-state index contributed by atoms with van der Waals surface area (Å²) in [6, 6.07) is 4.03. The summed E-state index contributed by atoms with van der Waals surface area (Å²) in [6.07, 6.45) is 4.09. The Morgan fingerprint density at radius 1 is 1.05 bits per heavy atom. The van der Waals surface area contributed by atoms with E-state index in [0.717, 1.165) is 18.4 Å². The van der Waals surface area contributed by atoms with Gasteiger partial charge in [0.1, 0.15) is 29.5 Å². The van der Waals surface area contributed by atoms with Gasteiger partial charge in [0.05, 0.1) is 5.41 Å². The molecule has 3 fully saturated rings. The van der Waals surface area contributed by atoms with Crippen molar-refractivity contribution in [3.05, 3.63) is 29.8 Å². The summed E-state index contributed by atoms with van der Waals surface area (Å²) in [4.78, 5) is 67.9. The number of phenolic OH excluding ortho intramolecular Hbond substituents is 1. The average Bonchev–Trinajstić information content (AvgIpc) is 3.61. The first kappa shape index (κ1) is 34.0. The third-order valence-electron chi connectivity index (χ3n) is 8.52. The van der Waals surface area contributed by atoms with Crippen molar-refractivity contribution in [1.29, 1.82) is 0 Å². The van der Waals surface area contributed by atoms with E-state index in [1.807, 2.05) is 0 Å². The van der Waals surface area contributed by atoms with Crippen molar-refractivity contribution in [2.24, 2.45) is 5.41 Å². The molecular formula is C31H44N4O7S2. The van der Waals surface area contributed by atoms with Crippen LogP contribution >= 0.6 is 21.6 Å². The van der Waals surface area contributed by atoms with Gasteiger partial charge in [0, 0.05) is 37.4 Å². The number of carbonyl (C=O) groups excluding carboxylic acids is 5. The quantitative estimate of drug-likeness (QED) is 0.285. The molecule has 0 bridgehead atoms. The number of benzene rings is 1. The molecule has 1 spiro atoms. The second kappa shape index (κ2) is 14.4. The Kier molecular flexibility index (Phi) is 11.1. The Morgan fingerprint density at radius 3 is 2.34 bits per heavy atom. The van der Waals surface area contributed by atoms with Gasteiger partial charge in [-0.3, -0.25) is 19.2 Å². The minimum absolute atomic E-state index is 0.108. The minimum Gasteiger partial charge on any atom is -0.508 e. The van der Waals surface area contributed by atoms with E-state index >= 15 is 0 Å². The zero-order chi connectivity index (χ0) is 32.1. The number of phenols is 1. The first-order valence-corrected chi connectivity index (χ1v) is 17.7. The SMILES string of the molecule is CC(=O)N1CC[C@H](c2ccc(O)cc2)[C@H]1C(=O)N[C@H]1CSSC[C@@H](C(=O)OC(C)(C)C)NC(=O)C2(CCCC2)CCNC1=O. The van der Waals surface area contributed by atoms with Gasteiger partial charge in [0.2, 0.25) is 23.6 Å². The fraction of sp³-hybridized carbons (Fsp3) is 0.645. The lowest BCUT2D eigenvalue weighted by atomic mass is 9.81. The zero-order valence-corrected chi connectivity index (χ0v) is 27.5. The number of rotatable bonds is 4. The summed E-state index contributed by atoms with van der Waals surface area (Å²) in [5, 5.41) is 18.5. The van der Waals surface area contributed by atoms with Crippen molar-refractivity contribution < 1.29 is 33.8 Å². The van der Waals surface area contributed by atoms with Crippen LogP contribution in [-0.4, -0.2) is 87.9 Å². The molecule has 1 saturated carbocycles. The Bertz CT molecular complexity index is 1230. The van der Waals surface area contributed by atoms with E-state index in [2.05, 4.69) is 16.0 Å². The Hall–Kier alpha value is -2.93. The molecule has 44 heavy (non-hydrogen) atoms. The third-order valence-corrected chi connectivity index (χ3v) is 10.9. The van der Waals surface area contributed by atoms with Crippen molar-refractivity contribution in [1.82, 2.24) is 20.9 Å². The molecule has 3 aliphatic rings. The van der Waals surface area contributed by atoms with Crippen molar-refractivity contribution >= 4 is 51.2 Å². The maximum absolute atomic E-state index is 13.8. The van der Waals surface area contributed by atoms with Gasteiger partial charge in [-0.25, -0.2) is 4.79 Å². The van der Waals surface area contributed by atoms with Gasteiger partial charge >= 0.3 is 5.97 Å². The van der Waals surface area contributed by atoms with Gasteiger partial charge in [-0.1, -0.05) is 46.6 Å². The second-order valence-corrected chi connectivity index (χ2v) is 15.4. The normalized spacial score (nSPS) is 26.5. The molecule has 4 rings (SSSR count). The van der Waals surface area contributed by atoms with Crippen molar-refractivity contribution in [2.45, 2.75) is 95.9 Å². The lowest BCUT2D eigenvalue weighted by molar-refractivity contribution is -0.158. The highest BCUT2D eigenvalue weighted by atomic mass is 33.1. The zero-order valence-electron chi connectivity index (χ0n) is 25.9. The number of carbonyl (C=O) groups is 5. The molecule has 4 amide bonds. The van der Waals surface area contributed by atoms with Crippen LogP contribution in [0.15, 0.2) is 24.3 Å². The number of amides is 4. The highest BCUT2D eigenvalue weighted by Gasteiger charge is 2.44. The number of aromatic hydroxyl groups is 1. The summed E-state index contributed by atoms with van der Waals surface area (Å²) in [7, 11) is 2.64. The largest absolute Gasteiger partial charge is 0.508 e. The molecule has 0 unspecified atom stereocenters. The van der Waals surface area contributed by atoms with Crippen LogP contribution in [0.4, 0.5) is 0 Å². The number of hydrogen-bond donors (Lipinski definition) is 4. The van der Waals surface area contributed by atoms with Crippen LogP contribution in [0, 0.1) is 5.41 Å². The van der Waals surface area contributed by atoms with E-state index in [4.69, 9.17) is 4.74 Å². The first-order valence-electron chi connectivity index (χ1n) is 15.2. The summed E-state index contributed by atoms with van der Waals surface area (Å²) in [5.41, 5.74) is -0.589. The van der Waals surface area contributed by atoms with E-state index in [0.29, 0.717) is 32.2 Å². The minimum atomic E-state index is -0.904. The number of ether oxygens (including phenoxy) is 1. The van der Waals surface area contributed by atoms with Crippen LogP contribution in [-0.2, 0) is 28.7 Å². The van der Waals surface area contributed by atoms with Gasteiger partial charge < -0.3 is 30.7 Å². The monoisotopic (exact) mass is 648 g/mol. The topological polar surface area (TPSA) is 154 Å². The molecule has 2 aliphatic heterocycles. The van der Waals surface area contributed by atoms with E-state index in [-0.39, 0.29) is 47.4 Å². The summed E-state index contributed by atoms with van der Waals surface area (Å²) in [5.74, 6) is -1.48. The molecule has 2 heterocycles. The molecule has 0 radical (unpaired) electrons. The fourth-order valence-electron chi connectivity index (χ4n) is 6.26. The van der Waals surface area contributed by atoms with Gasteiger partial charge in [0.15, 0.2) is 0 Å². The maximum Gasteiger partial charge on any atom is 0.330 e. The Labute approximate surface area is 266 Å². The average molecular weight is 649 g/mol. The predicted molar refractivity (Wildman–Crippen MR) is 170 cm³/mol. The van der Waals surface area contributed by atoms with Crippen LogP contribution in [0.25, 0.3) is 0 Å². The van der Waals surface area contributed by atoms with Gasteiger partial charge in [-0.2, -0.15) is 0 Å². The van der Waals surface area contributed by atoms with E-state index in [1.54, 1.807) is 45.0 Å². The van der Waals surface area contributed by atoms with Gasteiger partial charge in [0.25, 0.3) is 0 Å². The van der Waals surface area contributed by atoms with Crippen LogP contribution in [0.3, 0.4) is 0 Å². The number of nitrogens with one attached hydrogen (secondary N) is 3. The van der Waals surface area contributed by atoms with Crippen LogP contribution < -0.4 is 16.0 Å². The van der Waals surface area contributed by atoms with Crippen LogP contribution in [0.2, 0.25) is 0 Å². The molecule has 4 atom stereocenters.